The molecule has 10 heteroatoms. The molecule has 1 aromatic heterocycles. The number of imidazole rings is 1. The van der Waals surface area contributed by atoms with E-state index >= 15 is 0 Å². The largest absolute Gasteiger partial charge is 0.462 e. The van der Waals surface area contributed by atoms with Crippen molar-refractivity contribution in [3.05, 3.63) is 53.6 Å². The molecule has 3 rings (SSSR count). The number of benzene rings is 2. The SMILES string of the molecule is CCOCCCn1c(SCc2ccccc2SC(F)(F)F)nc2cc(C(=O)OCC)ccc21. The van der Waals surface area contributed by atoms with Crippen LogP contribution in [0.4, 0.5) is 13.2 Å². The average Bonchev–Trinajstić information content (AvgIpc) is 3.12. The molecule has 0 N–H and O–H groups in total. The van der Waals surface area contributed by atoms with Gasteiger partial charge in [0.05, 0.1) is 23.2 Å². The van der Waals surface area contributed by atoms with Gasteiger partial charge in [-0.25, -0.2) is 9.78 Å². The van der Waals surface area contributed by atoms with Gasteiger partial charge < -0.3 is 14.0 Å². The highest BCUT2D eigenvalue weighted by molar-refractivity contribution is 8.00. The molecule has 0 radical (unpaired) electrons. The summed E-state index contributed by atoms with van der Waals surface area (Å²) >= 11 is 1.26. The number of carbonyl (C=O) groups excluding carboxylic acids is 1. The fraction of sp³-hybridized carbons (Fsp3) is 0.391. The average molecular weight is 499 g/mol. The molecule has 0 aliphatic carbocycles. The van der Waals surface area contributed by atoms with Crippen molar-refractivity contribution in [3.63, 3.8) is 0 Å². The van der Waals surface area contributed by atoms with Gasteiger partial charge in [0, 0.05) is 30.4 Å². The standard InChI is InChI=1S/C23H25F3N2O3S2/c1-3-30-13-7-12-28-19-11-10-16(21(29)31-4-2)14-18(19)27-22(28)32-15-17-8-5-6-9-20(17)33-23(24,25)26/h5-6,8-11,14H,3-4,7,12-13,15H2,1-2H3. The lowest BCUT2D eigenvalue weighted by Crippen LogP contribution is -2.05. The van der Waals surface area contributed by atoms with Gasteiger partial charge in [-0.15, -0.1) is 0 Å². The third-order valence-electron chi connectivity index (χ3n) is 4.65. The fourth-order valence-electron chi connectivity index (χ4n) is 3.23. The van der Waals surface area contributed by atoms with Crippen molar-refractivity contribution in [2.75, 3.05) is 19.8 Å². The molecule has 0 bridgehead atoms. The number of ether oxygens (including phenoxy) is 2. The molecule has 178 valence electrons. The number of fused-ring (bicyclic) bond motifs is 1. The van der Waals surface area contributed by atoms with Gasteiger partial charge in [0.25, 0.3) is 0 Å². The van der Waals surface area contributed by atoms with E-state index in [0.29, 0.717) is 47.3 Å². The summed E-state index contributed by atoms with van der Waals surface area (Å²) in [5.41, 5.74) is -1.87. The predicted molar refractivity (Wildman–Crippen MR) is 125 cm³/mol. The van der Waals surface area contributed by atoms with Crippen LogP contribution in [0.5, 0.6) is 0 Å². The van der Waals surface area contributed by atoms with E-state index in [1.54, 1.807) is 37.3 Å². The Morgan fingerprint density at radius 2 is 1.91 bits per heavy atom. The van der Waals surface area contributed by atoms with Crippen LogP contribution in [-0.4, -0.2) is 40.8 Å². The first-order valence-corrected chi connectivity index (χ1v) is 12.3. The normalized spacial score (nSPS) is 11.8. The van der Waals surface area contributed by atoms with E-state index in [1.807, 2.05) is 17.6 Å². The van der Waals surface area contributed by atoms with Crippen LogP contribution in [0, 0.1) is 0 Å². The Morgan fingerprint density at radius 3 is 2.64 bits per heavy atom. The van der Waals surface area contributed by atoms with Gasteiger partial charge in [-0.2, -0.15) is 13.2 Å². The second kappa shape index (κ2) is 11.8. The molecule has 0 saturated carbocycles. The molecule has 0 aliphatic heterocycles. The third kappa shape index (κ3) is 7.15. The number of alkyl halides is 3. The van der Waals surface area contributed by atoms with E-state index in [9.17, 15) is 18.0 Å². The number of esters is 1. The summed E-state index contributed by atoms with van der Waals surface area (Å²) in [7, 11) is 0. The molecule has 1 heterocycles. The Labute approximate surface area is 199 Å². The highest BCUT2D eigenvalue weighted by Gasteiger charge is 2.30. The Kier molecular flexibility index (Phi) is 9.10. The topological polar surface area (TPSA) is 53.4 Å². The van der Waals surface area contributed by atoms with E-state index in [-0.39, 0.29) is 23.3 Å². The van der Waals surface area contributed by atoms with Crippen LogP contribution in [0.3, 0.4) is 0 Å². The van der Waals surface area contributed by atoms with Crippen molar-refractivity contribution in [1.82, 2.24) is 9.55 Å². The smallest absolute Gasteiger partial charge is 0.446 e. The molecule has 0 saturated heterocycles. The van der Waals surface area contributed by atoms with E-state index in [1.165, 1.54) is 17.8 Å². The van der Waals surface area contributed by atoms with E-state index < -0.39 is 11.5 Å². The van der Waals surface area contributed by atoms with Gasteiger partial charge in [-0.05, 0) is 61.9 Å². The zero-order valence-corrected chi connectivity index (χ0v) is 20.0. The zero-order chi connectivity index (χ0) is 23.8. The maximum absolute atomic E-state index is 12.9. The van der Waals surface area contributed by atoms with Gasteiger partial charge in [-0.3, -0.25) is 0 Å². The molecule has 0 atom stereocenters. The number of aryl methyl sites for hydroxylation is 1. The van der Waals surface area contributed by atoms with E-state index in [0.717, 1.165) is 11.9 Å². The van der Waals surface area contributed by atoms with Crippen LogP contribution in [0.2, 0.25) is 0 Å². The number of halogens is 3. The van der Waals surface area contributed by atoms with E-state index in [2.05, 4.69) is 4.98 Å². The van der Waals surface area contributed by atoms with Crippen LogP contribution >= 0.6 is 23.5 Å². The molecular weight excluding hydrogens is 473 g/mol. The molecule has 0 unspecified atom stereocenters. The molecule has 5 nitrogen and oxygen atoms in total. The van der Waals surface area contributed by atoms with Gasteiger partial charge in [0.15, 0.2) is 5.16 Å². The molecule has 2 aromatic carbocycles. The summed E-state index contributed by atoms with van der Waals surface area (Å²) in [6, 6.07) is 11.7. The first-order valence-electron chi connectivity index (χ1n) is 10.5. The number of rotatable bonds is 11. The molecular formula is C23H25F3N2O3S2. The number of nitrogens with zero attached hydrogens (tertiary/aromatic N) is 2. The second-order valence-corrected chi connectivity index (χ2v) is 9.01. The lowest BCUT2D eigenvalue weighted by molar-refractivity contribution is -0.0328. The highest BCUT2D eigenvalue weighted by Crippen LogP contribution is 2.40. The number of carbonyl (C=O) groups is 1. The van der Waals surface area contributed by atoms with Crippen LogP contribution in [-0.2, 0) is 21.8 Å². The first kappa shape index (κ1) is 25.5. The van der Waals surface area contributed by atoms with Crippen molar-refractivity contribution < 1.29 is 27.4 Å². The van der Waals surface area contributed by atoms with Crippen LogP contribution < -0.4 is 0 Å². The Bertz CT molecular complexity index is 1090. The maximum Gasteiger partial charge on any atom is 0.446 e. The predicted octanol–water partition coefficient (Wildman–Crippen LogP) is 6.54. The third-order valence-corrected chi connectivity index (χ3v) is 6.53. The van der Waals surface area contributed by atoms with E-state index in [4.69, 9.17) is 9.47 Å². The Balaban J connectivity index is 1.88. The summed E-state index contributed by atoms with van der Waals surface area (Å²) in [6.45, 7) is 5.80. The minimum atomic E-state index is -4.35. The first-order chi connectivity index (χ1) is 15.8. The van der Waals surface area contributed by atoms with Crippen molar-refractivity contribution in [1.29, 1.82) is 0 Å². The molecule has 3 aromatic rings. The van der Waals surface area contributed by atoms with Gasteiger partial charge in [0.2, 0.25) is 0 Å². The molecule has 0 spiro atoms. The highest BCUT2D eigenvalue weighted by atomic mass is 32.2. The van der Waals surface area contributed by atoms with Crippen molar-refractivity contribution in [2.24, 2.45) is 0 Å². The van der Waals surface area contributed by atoms with Gasteiger partial charge in [0.1, 0.15) is 0 Å². The van der Waals surface area contributed by atoms with Crippen molar-refractivity contribution >= 4 is 40.5 Å². The second-order valence-electron chi connectivity index (χ2n) is 6.96. The summed E-state index contributed by atoms with van der Waals surface area (Å²) < 4.78 is 51.4. The van der Waals surface area contributed by atoms with Crippen molar-refractivity contribution in [3.8, 4) is 0 Å². The number of hydrogen-bond acceptors (Lipinski definition) is 6. The monoisotopic (exact) mass is 498 g/mol. The van der Waals surface area contributed by atoms with Crippen LogP contribution in [0.1, 0.15) is 36.2 Å². The minimum absolute atomic E-state index is 0.108. The van der Waals surface area contributed by atoms with Crippen LogP contribution in [0.15, 0.2) is 52.5 Å². The zero-order valence-electron chi connectivity index (χ0n) is 18.4. The summed E-state index contributed by atoms with van der Waals surface area (Å²) in [4.78, 5) is 17.0. The lowest BCUT2D eigenvalue weighted by atomic mass is 10.2. The summed E-state index contributed by atoms with van der Waals surface area (Å²) in [5.74, 6) is -0.0868. The molecule has 0 fully saturated rings. The Morgan fingerprint density at radius 1 is 1.12 bits per heavy atom. The molecule has 0 amide bonds. The number of aromatic nitrogens is 2. The molecule has 0 aliphatic rings. The summed E-state index contributed by atoms with van der Waals surface area (Å²) in [5, 5.41) is 0.675. The fourth-order valence-corrected chi connectivity index (χ4v) is 5.04. The summed E-state index contributed by atoms with van der Waals surface area (Å²) in [6.07, 6.45) is 0.757. The lowest BCUT2D eigenvalue weighted by Gasteiger charge is -2.12. The molecule has 33 heavy (non-hydrogen) atoms. The van der Waals surface area contributed by atoms with Gasteiger partial charge in [-0.1, -0.05) is 30.0 Å². The Hall–Kier alpha value is -2.17. The van der Waals surface area contributed by atoms with Crippen molar-refractivity contribution in [2.45, 2.75) is 48.1 Å². The van der Waals surface area contributed by atoms with Gasteiger partial charge >= 0.3 is 11.5 Å². The number of thioether (sulfide) groups is 2. The quantitative estimate of drug-likeness (QED) is 0.170. The minimum Gasteiger partial charge on any atom is -0.462 e. The van der Waals surface area contributed by atoms with Crippen LogP contribution in [0.25, 0.3) is 11.0 Å². The number of hydrogen-bond donors (Lipinski definition) is 0. The maximum atomic E-state index is 12.9.